The van der Waals surface area contributed by atoms with E-state index >= 15 is 0 Å². The summed E-state index contributed by atoms with van der Waals surface area (Å²) in [6, 6.07) is 10.4. The van der Waals surface area contributed by atoms with Crippen LogP contribution in [0.1, 0.15) is 17.0 Å². The first-order valence-electron chi connectivity index (χ1n) is 8.83. The summed E-state index contributed by atoms with van der Waals surface area (Å²) >= 11 is 7.44. The molecular weight excluding hydrogens is 474 g/mol. The zero-order valence-corrected chi connectivity index (χ0v) is 18.2. The van der Waals surface area contributed by atoms with E-state index in [9.17, 15) is 27.4 Å². The maximum absolute atomic E-state index is 12.8. The average Bonchev–Trinajstić information content (AvgIpc) is 3.07. The van der Waals surface area contributed by atoms with Crippen LogP contribution in [0, 0.1) is 0 Å². The first-order valence-corrected chi connectivity index (χ1v) is 11.7. The maximum atomic E-state index is 12.8. The van der Waals surface area contributed by atoms with Crippen LogP contribution < -0.4 is 10.1 Å². The molecule has 0 aliphatic rings. The smallest absolute Gasteiger partial charge is 0.406 e. The Morgan fingerprint density at radius 3 is 2.77 bits per heavy atom. The number of carbonyl (C=O) groups is 1. The summed E-state index contributed by atoms with van der Waals surface area (Å²) in [5.41, 5.74) is 0.948. The summed E-state index contributed by atoms with van der Waals surface area (Å²) in [5, 5.41) is 5.47. The Kier molecular flexibility index (Phi) is 7.43. The van der Waals surface area contributed by atoms with E-state index < -0.39 is 26.2 Å². The number of amides is 1. The number of benzene rings is 2. The van der Waals surface area contributed by atoms with Crippen molar-refractivity contribution in [2.45, 2.75) is 12.3 Å². The number of hydrogen-bond donors (Lipinski definition) is 2. The Bertz CT molecular complexity index is 1150. The number of nitrogens with one attached hydrogen (secondary N) is 1. The molecule has 31 heavy (non-hydrogen) atoms. The van der Waals surface area contributed by atoms with E-state index in [2.05, 4.69) is 10.1 Å². The summed E-state index contributed by atoms with van der Waals surface area (Å²) in [5.74, 6) is -1.81. The van der Waals surface area contributed by atoms with Gasteiger partial charge in [-0.3, -0.25) is 9.36 Å². The highest BCUT2D eigenvalue weighted by molar-refractivity contribution is 7.38. The van der Waals surface area contributed by atoms with Gasteiger partial charge in [0.05, 0.1) is 5.92 Å². The number of hydrogen-bond acceptors (Lipinski definition) is 4. The van der Waals surface area contributed by atoms with Crippen LogP contribution in [0.15, 0.2) is 54.0 Å². The van der Waals surface area contributed by atoms with Crippen LogP contribution >= 0.6 is 31.0 Å². The highest BCUT2D eigenvalue weighted by Crippen LogP contribution is 2.36. The molecule has 2 unspecified atom stereocenters. The Balaban J connectivity index is 1.78. The molecule has 0 saturated carbocycles. The van der Waals surface area contributed by atoms with Gasteiger partial charge in [-0.2, -0.15) is 0 Å². The summed E-state index contributed by atoms with van der Waals surface area (Å²) in [4.78, 5) is 22.2. The lowest BCUT2D eigenvalue weighted by molar-refractivity contribution is -0.274. The van der Waals surface area contributed by atoms with Crippen LogP contribution in [0.5, 0.6) is 5.75 Å². The second kappa shape index (κ2) is 9.87. The molecule has 2 aromatic carbocycles. The van der Waals surface area contributed by atoms with Crippen LogP contribution in [0.3, 0.4) is 0 Å². The Labute approximate surface area is 185 Å². The van der Waals surface area contributed by atoms with E-state index in [0.717, 1.165) is 22.2 Å². The van der Waals surface area contributed by atoms with Gasteiger partial charge in [0.15, 0.2) is 8.03 Å². The summed E-state index contributed by atoms with van der Waals surface area (Å²) in [6.45, 7) is 0. The van der Waals surface area contributed by atoms with Gasteiger partial charge in [-0.1, -0.05) is 23.7 Å². The molecule has 1 amide bonds. The molecule has 1 heterocycles. The van der Waals surface area contributed by atoms with Crippen molar-refractivity contribution in [1.82, 2.24) is 5.32 Å². The van der Waals surface area contributed by atoms with Crippen molar-refractivity contribution in [1.29, 1.82) is 0 Å². The minimum Gasteiger partial charge on any atom is -0.406 e. The third-order valence-electron chi connectivity index (χ3n) is 4.23. The van der Waals surface area contributed by atoms with Crippen molar-refractivity contribution >= 4 is 53.0 Å². The third-order valence-corrected chi connectivity index (χ3v) is 6.20. The molecule has 1 aromatic heterocycles. The molecule has 164 valence electrons. The fourth-order valence-corrected chi connectivity index (χ4v) is 4.87. The quantitative estimate of drug-likeness (QED) is 0.412. The minimum atomic E-state index is -4.81. The van der Waals surface area contributed by atoms with Crippen LogP contribution in [0.2, 0.25) is 5.02 Å². The van der Waals surface area contributed by atoms with Crippen molar-refractivity contribution in [3.8, 4) is 5.75 Å². The van der Waals surface area contributed by atoms with E-state index in [4.69, 9.17) is 11.6 Å². The Morgan fingerprint density at radius 1 is 1.29 bits per heavy atom. The predicted octanol–water partition coefficient (Wildman–Crippen LogP) is 5.79. The zero-order valence-electron chi connectivity index (χ0n) is 15.7. The average molecular weight is 490 g/mol. The van der Waals surface area contributed by atoms with Crippen molar-refractivity contribution in [2.75, 3.05) is 6.16 Å². The van der Waals surface area contributed by atoms with Crippen LogP contribution in [0.4, 0.5) is 13.2 Å². The summed E-state index contributed by atoms with van der Waals surface area (Å²) < 4.78 is 53.3. The highest BCUT2D eigenvalue weighted by Gasteiger charge is 2.31. The number of ether oxygens (including phenoxy) is 1. The first kappa shape index (κ1) is 23.3. The number of carbonyl (C=O) groups excluding carboxylic acids is 1. The molecule has 0 saturated heterocycles. The van der Waals surface area contributed by atoms with Gasteiger partial charge < -0.3 is 14.9 Å². The zero-order chi connectivity index (χ0) is 22.6. The van der Waals surface area contributed by atoms with Gasteiger partial charge in [-0.05, 0) is 58.3 Å². The van der Waals surface area contributed by atoms with E-state index in [0.29, 0.717) is 16.1 Å². The minimum absolute atomic E-state index is 0.252. The van der Waals surface area contributed by atoms with E-state index in [-0.39, 0.29) is 11.9 Å². The van der Waals surface area contributed by atoms with Gasteiger partial charge in [-0.15, -0.1) is 24.5 Å². The number of thiophene rings is 1. The largest absolute Gasteiger partial charge is 0.573 e. The second-order valence-electron chi connectivity index (χ2n) is 6.44. The molecule has 11 heteroatoms. The second-order valence-corrected chi connectivity index (χ2v) is 8.99. The first-order chi connectivity index (χ1) is 14.6. The van der Waals surface area contributed by atoms with Gasteiger partial charge in [0, 0.05) is 22.1 Å². The monoisotopic (exact) mass is 489 g/mol. The molecular formula is C20H16ClF3NO4PS. The molecule has 0 spiro atoms. The Hall–Kier alpha value is -2.32. The van der Waals surface area contributed by atoms with Gasteiger partial charge in [0.1, 0.15) is 5.75 Å². The number of alkyl halides is 3. The molecule has 0 radical (unpaired) electrons. The maximum Gasteiger partial charge on any atom is 0.573 e. The van der Waals surface area contributed by atoms with Crippen molar-refractivity contribution in [3.63, 3.8) is 0 Å². The van der Waals surface area contributed by atoms with Crippen LogP contribution in [-0.4, -0.2) is 23.3 Å². The van der Waals surface area contributed by atoms with E-state index in [1.165, 1.54) is 35.7 Å². The predicted molar refractivity (Wildman–Crippen MR) is 116 cm³/mol. The number of halogens is 4. The standard InChI is InChI=1S/C20H16ClF3NO4PS/c21-13-4-5-18-15(9-13)17(11-31-18)16(10-30(27)28)19(26)25-7-6-12-2-1-3-14(8-12)29-20(22,23)24/h1-9,11,16,30H,10H2,(H,25,26)(H,27,28)/b7-6+. The van der Waals surface area contributed by atoms with Crippen molar-refractivity contribution < 1.29 is 32.2 Å². The molecule has 0 bridgehead atoms. The topological polar surface area (TPSA) is 75.6 Å². The lowest BCUT2D eigenvalue weighted by atomic mass is 9.99. The van der Waals surface area contributed by atoms with Gasteiger partial charge in [0.25, 0.3) is 0 Å². The molecule has 5 nitrogen and oxygen atoms in total. The molecule has 2 N–H and O–H groups in total. The van der Waals surface area contributed by atoms with E-state index in [1.54, 1.807) is 23.6 Å². The van der Waals surface area contributed by atoms with E-state index in [1.807, 2.05) is 0 Å². The van der Waals surface area contributed by atoms with Crippen molar-refractivity contribution in [2.24, 2.45) is 0 Å². The highest BCUT2D eigenvalue weighted by atomic mass is 35.5. The number of rotatable bonds is 7. The molecule has 0 aliphatic carbocycles. The van der Waals surface area contributed by atoms with Crippen LogP contribution in [0.25, 0.3) is 16.2 Å². The van der Waals surface area contributed by atoms with Gasteiger partial charge >= 0.3 is 6.36 Å². The SMILES string of the molecule is O=C(N/C=C/c1cccc(OC(F)(F)F)c1)C(C[PH](=O)O)c1csc2ccc(Cl)cc12. The third kappa shape index (κ3) is 6.58. The molecule has 0 fully saturated rings. The lowest BCUT2D eigenvalue weighted by Gasteiger charge is -2.14. The molecule has 3 aromatic rings. The molecule has 2 atom stereocenters. The van der Waals surface area contributed by atoms with Gasteiger partial charge in [-0.25, -0.2) is 0 Å². The van der Waals surface area contributed by atoms with Crippen LogP contribution in [-0.2, 0) is 9.36 Å². The Morgan fingerprint density at radius 2 is 2.06 bits per heavy atom. The molecule has 3 rings (SSSR count). The van der Waals surface area contributed by atoms with Gasteiger partial charge in [0.2, 0.25) is 5.91 Å². The summed E-state index contributed by atoms with van der Waals surface area (Å²) in [7, 11) is -2.97. The van der Waals surface area contributed by atoms with Crippen molar-refractivity contribution in [3.05, 3.63) is 70.2 Å². The normalized spacial score (nSPS) is 14.0. The number of fused-ring (bicyclic) bond motifs is 1. The fourth-order valence-electron chi connectivity index (χ4n) is 2.95. The molecule has 0 aliphatic heterocycles. The fraction of sp³-hybridized carbons (Fsp3) is 0.150. The summed E-state index contributed by atoms with van der Waals surface area (Å²) in [6.07, 6.45) is -2.41. The lowest BCUT2D eigenvalue weighted by Crippen LogP contribution is -2.26.